The molecule has 0 aliphatic carbocycles. The highest BCUT2D eigenvalue weighted by atomic mass is 16.6. The minimum atomic E-state index is -0.799. The molecule has 2 heterocycles. The van der Waals surface area contributed by atoms with Gasteiger partial charge in [-0.2, -0.15) is 0 Å². The maximum Gasteiger partial charge on any atom is 0.123 e. The molecule has 12 heteroatoms. The molecule has 68 heavy (non-hydrogen) atoms. The first kappa shape index (κ1) is 51.1. The van der Waals surface area contributed by atoms with E-state index in [0.29, 0.717) is 30.5 Å². The van der Waals surface area contributed by atoms with Gasteiger partial charge in [-0.1, -0.05) is 106 Å². The Morgan fingerprint density at radius 3 is 1.16 bits per heavy atom. The van der Waals surface area contributed by atoms with Crippen molar-refractivity contribution in [3.63, 3.8) is 0 Å². The summed E-state index contributed by atoms with van der Waals surface area (Å²) in [7, 11) is 1.52. The van der Waals surface area contributed by atoms with E-state index >= 15 is 0 Å². The summed E-state index contributed by atoms with van der Waals surface area (Å²) in [5, 5.41) is 37.3. The molecule has 2 fully saturated rings. The maximum absolute atomic E-state index is 10.3. The van der Waals surface area contributed by atoms with Crippen LogP contribution >= 0.6 is 0 Å². The van der Waals surface area contributed by atoms with E-state index in [0.717, 1.165) is 24.7 Å². The smallest absolute Gasteiger partial charge is 0.123 e. The van der Waals surface area contributed by atoms with Crippen LogP contribution in [0.5, 0.6) is 40.2 Å². The second-order valence-electron chi connectivity index (χ2n) is 17.9. The molecule has 8 rings (SSSR count). The molecule has 4 N–H and O–H groups in total. The molecule has 6 aromatic rings. The number of aliphatic hydroxyl groups excluding tert-OH is 2. The number of hydrogen-bond donors (Lipinski definition) is 4. The molecule has 362 valence electrons. The summed E-state index contributed by atoms with van der Waals surface area (Å²) in [5.74, 6) is 3.78. The molecule has 2 saturated heterocycles. The number of hydrogen-bond acceptors (Lipinski definition) is 12. The molecular formula is C56H66O12. The molecule has 0 spiro atoms. The van der Waals surface area contributed by atoms with Gasteiger partial charge in [0, 0.05) is 30.1 Å². The molecule has 0 bridgehead atoms. The Labute approximate surface area is 400 Å². The van der Waals surface area contributed by atoms with Crippen LogP contribution in [0.3, 0.4) is 0 Å². The van der Waals surface area contributed by atoms with Crippen LogP contribution < -0.4 is 23.7 Å². The topological polar surface area (TPSA) is 161 Å². The summed E-state index contributed by atoms with van der Waals surface area (Å²) in [6.07, 6.45) is -0.940. The van der Waals surface area contributed by atoms with Crippen LogP contribution in [0.15, 0.2) is 146 Å². The Hall–Kier alpha value is -6.28. The van der Waals surface area contributed by atoms with E-state index in [2.05, 4.69) is 95.3 Å². The summed E-state index contributed by atoms with van der Waals surface area (Å²) in [6, 6.07) is 46.2. The predicted octanol–water partition coefficient (Wildman–Crippen LogP) is 9.19. The molecule has 12 nitrogen and oxygen atoms in total. The molecule has 0 radical (unpaired) electrons. The number of benzene rings is 6. The lowest BCUT2D eigenvalue weighted by molar-refractivity contribution is 0.0324. The van der Waals surface area contributed by atoms with Crippen molar-refractivity contribution in [3.8, 4) is 40.2 Å². The number of phenolic OH excluding ortho intramolecular Hbond substituents is 2. The molecule has 2 aliphatic heterocycles. The Bertz CT molecular complexity index is 2310. The van der Waals surface area contributed by atoms with Crippen molar-refractivity contribution in [1.82, 2.24) is 0 Å². The minimum Gasteiger partial charge on any atom is -0.508 e. The van der Waals surface area contributed by atoms with Gasteiger partial charge in [0.1, 0.15) is 97.7 Å². The SMILES string of the molecule is CC(C)(c1ccc(OCC2CO2)cc1)c1ccc(OCC2CO2)cc1.COCC(O)COc1cccc(OCC(O)COc2ccc(C(C)(C)c3ccc(C)cc3)cc2)c1.Oc1cccc(O)c1. The Morgan fingerprint density at radius 1 is 0.471 bits per heavy atom. The first-order valence-corrected chi connectivity index (χ1v) is 22.9. The largest absolute Gasteiger partial charge is 0.508 e. The molecule has 0 amide bonds. The number of phenols is 2. The molecule has 2 aliphatic rings. The van der Waals surface area contributed by atoms with Crippen LogP contribution in [-0.4, -0.2) is 105 Å². The second-order valence-corrected chi connectivity index (χ2v) is 17.9. The summed E-state index contributed by atoms with van der Waals surface area (Å²) in [4.78, 5) is 0. The first-order valence-electron chi connectivity index (χ1n) is 22.9. The van der Waals surface area contributed by atoms with Gasteiger partial charge in [0.2, 0.25) is 0 Å². The minimum absolute atomic E-state index is 0.0777. The van der Waals surface area contributed by atoms with Gasteiger partial charge < -0.3 is 58.3 Å². The Balaban J connectivity index is 0.000000199. The van der Waals surface area contributed by atoms with E-state index < -0.39 is 12.2 Å². The highest BCUT2D eigenvalue weighted by molar-refractivity contribution is 5.43. The van der Waals surface area contributed by atoms with E-state index in [1.165, 1.54) is 53.1 Å². The van der Waals surface area contributed by atoms with Crippen LogP contribution in [0.25, 0.3) is 0 Å². The van der Waals surface area contributed by atoms with Crippen molar-refractivity contribution >= 4 is 0 Å². The molecule has 4 unspecified atom stereocenters. The van der Waals surface area contributed by atoms with Crippen LogP contribution in [0, 0.1) is 6.92 Å². The van der Waals surface area contributed by atoms with E-state index in [9.17, 15) is 10.2 Å². The van der Waals surface area contributed by atoms with Crippen molar-refractivity contribution in [2.75, 3.05) is 60.0 Å². The van der Waals surface area contributed by atoms with Crippen molar-refractivity contribution in [2.24, 2.45) is 0 Å². The zero-order chi connectivity index (χ0) is 48.5. The van der Waals surface area contributed by atoms with Gasteiger partial charge in [0.15, 0.2) is 0 Å². The highest BCUT2D eigenvalue weighted by Gasteiger charge is 2.26. The van der Waals surface area contributed by atoms with Crippen molar-refractivity contribution in [1.29, 1.82) is 0 Å². The maximum atomic E-state index is 10.3. The third-order valence-electron chi connectivity index (χ3n) is 11.5. The summed E-state index contributed by atoms with van der Waals surface area (Å²) in [6.45, 7) is 14.4. The lowest BCUT2D eigenvalue weighted by Gasteiger charge is -2.26. The van der Waals surface area contributed by atoms with Crippen molar-refractivity contribution in [2.45, 2.75) is 69.9 Å². The second kappa shape index (κ2) is 24.7. The number of aromatic hydroxyl groups is 2. The Morgan fingerprint density at radius 2 is 0.809 bits per heavy atom. The number of methoxy groups -OCH3 is 1. The quantitative estimate of drug-likeness (QED) is 0.0508. The lowest BCUT2D eigenvalue weighted by Crippen LogP contribution is -2.25. The average molecular weight is 931 g/mol. The van der Waals surface area contributed by atoms with Gasteiger partial charge in [-0.3, -0.25) is 0 Å². The molecular weight excluding hydrogens is 865 g/mol. The van der Waals surface area contributed by atoms with Crippen LogP contribution in [0.2, 0.25) is 0 Å². The number of ether oxygens (including phenoxy) is 8. The standard InChI is InChI=1S/C29H36O6.C21H24O4.C6H6O2/c1-21-8-10-22(11-9-21)29(2,3)23-12-14-26(15-13-23)33-19-25(31)20-35-28-7-5-6-27(16-28)34-18-24(30)17-32-4;1-21(2,15-3-7-17(8-4-15)22-11-19-13-24-19)16-5-9-18(10-6-16)23-12-20-14-25-20;7-5-2-1-3-6(8)4-5/h5-16,24-25,30-31H,17-20H2,1-4H3;3-10,19-20H,11-14H2,1-2H3;1-4,7-8H. The first-order chi connectivity index (χ1) is 32.7. The van der Waals surface area contributed by atoms with Crippen molar-refractivity contribution in [3.05, 3.63) is 173 Å². The van der Waals surface area contributed by atoms with Gasteiger partial charge >= 0.3 is 0 Å². The van der Waals surface area contributed by atoms with E-state index in [-0.39, 0.29) is 61.0 Å². The molecule has 4 atom stereocenters. The van der Waals surface area contributed by atoms with Crippen LogP contribution in [-0.2, 0) is 25.0 Å². The molecule has 0 saturated carbocycles. The zero-order valence-electron chi connectivity index (χ0n) is 39.9. The predicted molar refractivity (Wildman–Crippen MR) is 262 cm³/mol. The highest BCUT2D eigenvalue weighted by Crippen LogP contribution is 2.35. The van der Waals surface area contributed by atoms with Crippen molar-refractivity contribution < 1.29 is 58.3 Å². The summed E-state index contributed by atoms with van der Waals surface area (Å²) >= 11 is 0. The summed E-state index contributed by atoms with van der Waals surface area (Å²) in [5.41, 5.74) is 5.98. The normalized spacial score (nSPS) is 15.8. The van der Waals surface area contributed by atoms with Gasteiger partial charge in [-0.25, -0.2) is 0 Å². The van der Waals surface area contributed by atoms with Gasteiger partial charge in [0.25, 0.3) is 0 Å². The fraction of sp³-hybridized carbons (Fsp3) is 0.357. The van der Waals surface area contributed by atoms with Gasteiger partial charge in [0.05, 0.1) is 19.8 Å². The fourth-order valence-electron chi connectivity index (χ4n) is 6.93. The van der Waals surface area contributed by atoms with E-state index in [4.69, 9.17) is 48.1 Å². The third kappa shape index (κ3) is 16.5. The number of rotatable bonds is 21. The van der Waals surface area contributed by atoms with Gasteiger partial charge in [-0.05, 0) is 89.8 Å². The lowest BCUT2D eigenvalue weighted by atomic mass is 9.78. The van der Waals surface area contributed by atoms with Crippen LogP contribution in [0.4, 0.5) is 0 Å². The number of aryl methyl sites for hydroxylation is 1. The fourth-order valence-corrected chi connectivity index (χ4v) is 6.93. The third-order valence-corrected chi connectivity index (χ3v) is 11.5. The number of aliphatic hydroxyl groups is 2. The average Bonchev–Trinajstić information content (AvgIpc) is 4.29. The number of epoxide rings is 2. The van der Waals surface area contributed by atoms with E-state index in [1.807, 2.05) is 36.4 Å². The molecule has 0 aromatic heterocycles. The summed E-state index contributed by atoms with van der Waals surface area (Å²) < 4.78 is 43.6. The van der Waals surface area contributed by atoms with Crippen LogP contribution in [0.1, 0.15) is 55.5 Å². The van der Waals surface area contributed by atoms with Gasteiger partial charge in [-0.15, -0.1) is 0 Å². The monoisotopic (exact) mass is 930 g/mol. The Kier molecular flexibility index (Phi) is 18.5. The zero-order valence-corrected chi connectivity index (χ0v) is 39.9. The van der Waals surface area contributed by atoms with E-state index in [1.54, 1.807) is 30.3 Å². The molecule has 6 aromatic carbocycles.